The maximum atomic E-state index is 13.6. The summed E-state index contributed by atoms with van der Waals surface area (Å²) in [6.07, 6.45) is 0.606. The number of ether oxygens (including phenoxy) is 1. The van der Waals surface area contributed by atoms with E-state index in [1.54, 1.807) is 12.1 Å². The first-order valence-corrected chi connectivity index (χ1v) is 11.4. The minimum absolute atomic E-state index is 0.0430. The van der Waals surface area contributed by atoms with Gasteiger partial charge in [0.15, 0.2) is 5.82 Å². The van der Waals surface area contributed by atoms with Gasteiger partial charge in [0.25, 0.3) is 11.6 Å². The third kappa shape index (κ3) is 4.52. The van der Waals surface area contributed by atoms with Crippen LogP contribution >= 0.6 is 0 Å². The third-order valence-electron chi connectivity index (χ3n) is 6.26. The smallest absolute Gasteiger partial charge is 0.270 e. The summed E-state index contributed by atoms with van der Waals surface area (Å²) < 4.78 is 5.41. The second kappa shape index (κ2) is 9.66. The molecule has 1 amide bonds. The molecule has 3 aromatic rings. The van der Waals surface area contributed by atoms with Gasteiger partial charge in [0.1, 0.15) is 0 Å². The van der Waals surface area contributed by atoms with E-state index in [4.69, 9.17) is 14.7 Å². The van der Waals surface area contributed by atoms with Gasteiger partial charge in [0.2, 0.25) is 0 Å². The molecule has 0 unspecified atom stereocenters. The quantitative estimate of drug-likeness (QED) is 0.412. The number of nitrogens with zero attached hydrogens (tertiary/aromatic N) is 5. The standard InChI is InChI=1S/C25H25N5O4/c31-25-22-21(9-10-29(25)12-11-28-13-15-34-16-14-28)26-24(18-5-2-1-3-6-18)27-23(22)19-7-4-8-20(17-19)30(32)33/h1-8,17H,9-16H2. The summed E-state index contributed by atoms with van der Waals surface area (Å²) in [6.45, 7) is 5.11. The van der Waals surface area contributed by atoms with Crippen molar-refractivity contribution in [1.82, 2.24) is 19.8 Å². The van der Waals surface area contributed by atoms with E-state index in [0.717, 1.165) is 25.2 Å². The van der Waals surface area contributed by atoms with Crippen LogP contribution in [0.5, 0.6) is 0 Å². The number of hydrogen-bond donors (Lipinski definition) is 0. The monoisotopic (exact) mass is 459 g/mol. The Morgan fingerprint density at radius 1 is 0.941 bits per heavy atom. The first kappa shape index (κ1) is 22.1. The van der Waals surface area contributed by atoms with Gasteiger partial charge >= 0.3 is 0 Å². The van der Waals surface area contributed by atoms with E-state index in [1.165, 1.54) is 12.1 Å². The van der Waals surface area contributed by atoms with Crippen molar-refractivity contribution in [1.29, 1.82) is 0 Å². The van der Waals surface area contributed by atoms with Crippen molar-refractivity contribution in [2.24, 2.45) is 0 Å². The van der Waals surface area contributed by atoms with Crippen LogP contribution in [0.25, 0.3) is 22.6 Å². The molecule has 0 aliphatic carbocycles. The molecule has 1 fully saturated rings. The minimum Gasteiger partial charge on any atom is -0.379 e. The Bertz CT molecular complexity index is 1210. The number of benzene rings is 2. The molecule has 0 radical (unpaired) electrons. The van der Waals surface area contributed by atoms with E-state index < -0.39 is 4.92 Å². The SMILES string of the molecule is O=C1c2c(nc(-c3ccccc3)nc2-c2cccc([N+](=O)[O-])c2)CCN1CCN1CCOCC1. The fourth-order valence-corrected chi connectivity index (χ4v) is 4.41. The molecule has 9 nitrogen and oxygen atoms in total. The maximum Gasteiger partial charge on any atom is 0.270 e. The molecule has 2 aliphatic rings. The predicted molar refractivity (Wildman–Crippen MR) is 126 cm³/mol. The highest BCUT2D eigenvalue weighted by Gasteiger charge is 2.31. The Morgan fingerprint density at radius 3 is 2.47 bits per heavy atom. The second-order valence-corrected chi connectivity index (χ2v) is 8.39. The predicted octanol–water partition coefficient (Wildman–Crippen LogP) is 3.05. The van der Waals surface area contributed by atoms with Crippen LogP contribution in [0.15, 0.2) is 54.6 Å². The van der Waals surface area contributed by atoms with Crippen LogP contribution in [0.2, 0.25) is 0 Å². The average Bonchev–Trinajstić information content (AvgIpc) is 2.89. The van der Waals surface area contributed by atoms with E-state index in [9.17, 15) is 14.9 Å². The van der Waals surface area contributed by atoms with Crippen LogP contribution in [0, 0.1) is 10.1 Å². The summed E-state index contributed by atoms with van der Waals surface area (Å²) in [5.41, 5.74) is 2.89. The molecule has 0 spiro atoms. The number of morpholine rings is 1. The van der Waals surface area contributed by atoms with Crippen molar-refractivity contribution in [2.45, 2.75) is 6.42 Å². The van der Waals surface area contributed by atoms with Crippen molar-refractivity contribution in [3.05, 3.63) is 76.0 Å². The highest BCUT2D eigenvalue weighted by molar-refractivity contribution is 6.02. The van der Waals surface area contributed by atoms with Crippen LogP contribution in [-0.2, 0) is 11.2 Å². The Morgan fingerprint density at radius 2 is 1.71 bits per heavy atom. The third-order valence-corrected chi connectivity index (χ3v) is 6.26. The fraction of sp³-hybridized carbons (Fsp3) is 0.320. The van der Waals surface area contributed by atoms with Crippen LogP contribution in [0.3, 0.4) is 0 Å². The number of nitro benzene ring substituents is 1. The number of non-ortho nitro benzene ring substituents is 1. The number of amides is 1. The topological polar surface area (TPSA) is 102 Å². The Hall–Kier alpha value is -3.69. The molecule has 2 aliphatic heterocycles. The van der Waals surface area contributed by atoms with Crippen LogP contribution in [-0.4, -0.2) is 76.5 Å². The molecule has 1 aromatic heterocycles. The fourth-order valence-electron chi connectivity index (χ4n) is 4.41. The summed E-state index contributed by atoms with van der Waals surface area (Å²) in [5, 5.41) is 11.4. The minimum atomic E-state index is -0.439. The summed E-state index contributed by atoms with van der Waals surface area (Å²) >= 11 is 0. The lowest BCUT2D eigenvalue weighted by atomic mass is 9.97. The van der Waals surface area contributed by atoms with Crippen LogP contribution in [0.1, 0.15) is 16.1 Å². The summed E-state index contributed by atoms with van der Waals surface area (Å²) in [5.74, 6) is 0.381. The largest absolute Gasteiger partial charge is 0.379 e. The molecular formula is C25H25N5O4. The number of hydrogen-bond acceptors (Lipinski definition) is 7. The number of aromatic nitrogens is 2. The molecule has 5 rings (SSSR count). The van der Waals surface area contributed by atoms with Gasteiger partial charge in [-0.3, -0.25) is 19.8 Å². The van der Waals surface area contributed by atoms with Crippen LogP contribution in [0.4, 0.5) is 5.69 Å². The van der Waals surface area contributed by atoms with Crippen molar-refractivity contribution in [2.75, 3.05) is 45.9 Å². The van der Waals surface area contributed by atoms with E-state index in [2.05, 4.69) is 4.90 Å². The van der Waals surface area contributed by atoms with Gasteiger partial charge in [0.05, 0.1) is 35.1 Å². The normalized spacial score (nSPS) is 16.4. The number of carbonyl (C=O) groups excluding carboxylic acids is 1. The Kier molecular flexibility index (Phi) is 6.29. The molecular weight excluding hydrogens is 434 g/mol. The molecule has 1 saturated heterocycles. The summed E-state index contributed by atoms with van der Waals surface area (Å²) in [4.78, 5) is 38.2. The molecule has 3 heterocycles. The van der Waals surface area contributed by atoms with Gasteiger partial charge in [-0.25, -0.2) is 9.97 Å². The lowest BCUT2D eigenvalue weighted by Crippen LogP contribution is -2.45. The molecule has 0 atom stereocenters. The first-order chi connectivity index (χ1) is 16.6. The van der Waals surface area contributed by atoms with Crippen molar-refractivity contribution in [3.8, 4) is 22.6 Å². The summed E-state index contributed by atoms with van der Waals surface area (Å²) in [7, 11) is 0. The van der Waals surface area contributed by atoms with E-state index >= 15 is 0 Å². The number of carbonyl (C=O) groups is 1. The molecule has 0 saturated carbocycles. The van der Waals surface area contributed by atoms with Gasteiger partial charge in [-0.2, -0.15) is 0 Å². The van der Waals surface area contributed by atoms with Crippen molar-refractivity contribution >= 4 is 11.6 Å². The first-order valence-electron chi connectivity index (χ1n) is 11.4. The van der Waals surface area contributed by atoms with Crippen molar-refractivity contribution < 1.29 is 14.5 Å². The molecule has 0 bridgehead atoms. The van der Waals surface area contributed by atoms with Gasteiger partial charge < -0.3 is 9.64 Å². The molecule has 9 heteroatoms. The number of fused-ring (bicyclic) bond motifs is 1. The van der Waals surface area contributed by atoms with Gasteiger partial charge in [-0.15, -0.1) is 0 Å². The van der Waals surface area contributed by atoms with E-state index in [1.807, 2.05) is 35.2 Å². The zero-order valence-electron chi connectivity index (χ0n) is 18.7. The molecule has 0 N–H and O–H groups in total. The zero-order valence-corrected chi connectivity index (χ0v) is 18.7. The van der Waals surface area contributed by atoms with Crippen LogP contribution < -0.4 is 0 Å². The van der Waals surface area contributed by atoms with Gasteiger partial charge in [0, 0.05) is 62.4 Å². The molecule has 2 aromatic carbocycles. The van der Waals surface area contributed by atoms with Crippen molar-refractivity contribution in [3.63, 3.8) is 0 Å². The highest BCUT2D eigenvalue weighted by atomic mass is 16.6. The summed E-state index contributed by atoms with van der Waals surface area (Å²) in [6, 6.07) is 15.8. The zero-order chi connectivity index (χ0) is 23.5. The van der Waals surface area contributed by atoms with Gasteiger partial charge in [-0.1, -0.05) is 42.5 Å². The second-order valence-electron chi connectivity index (χ2n) is 8.39. The van der Waals surface area contributed by atoms with E-state index in [0.29, 0.717) is 61.1 Å². The number of nitro groups is 1. The number of rotatable bonds is 6. The lowest BCUT2D eigenvalue weighted by Gasteiger charge is -2.33. The Balaban J connectivity index is 1.53. The average molecular weight is 460 g/mol. The van der Waals surface area contributed by atoms with E-state index in [-0.39, 0.29) is 11.6 Å². The maximum absolute atomic E-state index is 13.6. The molecule has 34 heavy (non-hydrogen) atoms. The molecule has 174 valence electrons. The lowest BCUT2D eigenvalue weighted by molar-refractivity contribution is -0.384. The van der Waals surface area contributed by atoms with Gasteiger partial charge in [-0.05, 0) is 0 Å². The highest BCUT2D eigenvalue weighted by Crippen LogP contribution is 2.32. The Labute approximate surface area is 197 Å².